The van der Waals surface area contributed by atoms with Gasteiger partial charge >= 0.3 is 0 Å². The Morgan fingerprint density at radius 3 is 2.74 bits per heavy atom. The van der Waals surface area contributed by atoms with Gasteiger partial charge in [0.05, 0.1) is 24.8 Å². The summed E-state index contributed by atoms with van der Waals surface area (Å²) in [5.41, 5.74) is 0. The van der Waals surface area contributed by atoms with E-state index >= 15 is 0 Å². The summed E-state index contributed by atoms with van der Waals surface area (Å²) in [4.78, 5) is 2.43. The Morgan fingerprint density at radius 2 is 1.95 bits per heavy atom. The standard InChI is InChI=1S/C14H19Cl2NO2/c15-12-4-3-5-13(14(12)16)19-9-2-1-6-17-7-10-18-11-8-17/h3-5H,1-2,6-11H2. The van der Waals surface area contributed by atoms with Crippen molar-refractivity contribution >= 4 is 23.2 Å². The molecule has 1 heterocycles. The molecular formula is C14H19Cl2NO2. The molecule has 0 bridgehead atoms. The fourth-order valence-corrected chi connectivity index (χ4v) is 2.39. The van der Waals surface area contributed by atoms with Gasteiger partial charge in [-0.2, -0.15) is 0 Å². The fourth-order valence-electron chi connectivity index (χ4n) is 2.04. The molecule has 0 radical (unpaired) electrons. The van der Waals surface area contributed by atoms with E-state index in [2.05, 4.69) is 4.90 Å². The Bertz CT molecular complexity index is 395. The van der Waals surface area contributed by atoms with Crippen LogP contribution in [0.4, 0.5) is 0 Å². The van der Waals surface area contributed by atoms with E-state index in [9.17, 15) is 0 Å². The third-order valence-electron chi connectivity index (χ3n) is 3.15. The molecule has 0 saturated carbocycles. The van der Waals surface area contributed by atoms with E-state index in [-0.39, 0.29) is 0 Å². The van der Waals surface area contributed by atoms with Crippen molar-refractivity contribution in [1.29, 1.82) is 0 Å². The van der Waals surface area contributed by atoms with Crippen LogP contribution >= 0.6 is 23.2 Å². The number of rotatable bonds is 6. The first-order valence-electron chi connectivity index (χ1n) is 6.64. The molecule has 1 saturated heterocycles. The second-order valence-electron chi connectivity index (χ2n) is 4.56. The molecule has 0 spiro atoms. The van der Waals surface area contributed by atoms with Crippen molar-refractivity contribution in [2.75, 3.05) is 39.5 Å². The highest BCUT2D eigenvalue weighted by atomic mass is 35.5. The van der Waals surface area contributed by atoms with Crippen molar-refractivity contribution in [3.8, 4) is 5.75 Å². The van der Waals surface area contributed by atoms with Gasteiger partial charge in [-0.1, -0.05) is 29.3 Å². The van der Waals surface area contributed by atoms with Crippen molar-refractivity contribution < 1.29 is 9.47 Å². The number of hydrogen-bond donors (Lipinski definition) is 0. The zero-order valence-electron chi connectivity index (χ0n) is 10.9. The van der Waals surface area contributed by atoms with Crippen LogP contribution in [0, 0.1) is 0 Å². The summed E-state index contributed by atoms with van der Waals surface area (Å²) in [5.74, 6) is 0.667. The van der Waals surface area contributed by atoms with Gasteiger partial charge in [0.2, 0.25) is 0 Å². The van der Waals surface area contributed by atoms with Gasteiger partial charge in [0.25, 0.3) is 0 Å². The number of morpholine rings is 1. The first-order valence-corrected chi connectivity index (χ1v) is 7.40. The second kappa shape index (κ2) is 7.95. The van der Waals surface area contributed by atoms with Gasteiger partial charge in [-0.05, 0) is 31.5 Å². The summed E-state index contributed by atoms with van der Waals surface area (Å²) in [7, 11) is 0. The van der Waals surface area contributed by atoms with Crippen LogP contribution in [-0.2, 0) is 4.74 Å². The van der Waals surface area contributed by atoms with Crippen molar-refractivity contribution in [1.82, 2.24) is 4.90 Å². The van der Waals surface area contributed by atoms with E-state index in [0.717, 1.165) is 45.7 Å². The minimum atomic E-state index is 0.498. The topological polar surface area (TPSA) is 21.7 Å². The van der Waals surface area contributed by atoms with E-state index in [0.29, 0.717) is 22.4 Å². The molecule has 1 aromatic carbocycles. The first kappa shape index (κ1) is 14.9. The van der Waals surface area contributed by atoms with E-state index in [4.69, 9.17) is 32.7 Å². The third kappa shape index (κ3) is 4.84. The fraction of sp³-hybridized carbons (Fsp3) is 0.571. The molecule has 0 amide bonds. The van der Waals surface area contributed by atoms with Gasteiger partial charge in [0, 0.05) is 13.1 Å². The van der Waals surface area contributed by atoms with Crippen LogP contribution in [0.3, 0.4) is 0 Å². The summed E-state index contributed by atoms with van der Waals surface area (Å²) in [6.07, 6.45) is 2.14. The van der Waals surface area contributed by atoms with Crippen LogP contribution in [0.25, 0.3) is 0 Å². The van der Waals surface area contributed by atoms with Crippen molar-refractivity contribution in [2.24, 2.45) is 0 Å². The summed E-state index contributed by atoms with van der Waals surface area (Å²) in [6.45, 7) is 5.58. The van der Waals surface area contributed by atoms with E-state index in [1.54, 1.807) is 6.07 Å². The Hall–Kier alpha value is -0.480. The molecule has 3 nitrogen and oxygen atoms in total. The largest absolute Gasteiger partial charge is 0.492 e. The molecule has 1 aliphatic heterocycles. The molecule has 0 aromatic heterocycles. The Morgan fingerprint density at radius 1 is 1.16 bits per heavy atom. The smallest absolute Gasteiger partial charge is 0.139 e. The number of halogens is 2. The van der Waals surface area contributed by atoms with Gasteiger partial charge in [-0.25, -0.2) is 0 Å². The van der Waals surface area contributed by atoms with Crippen LogP contribution in [0.5, 0.6) is 5.75 Å². The minimum absolute atomic E-state index is 0.498. The highest BCUT2D eigenvalue weighted by Crippen LogP contribution is 2.31. The predicted octanol–water partition coefficient (Wildman–Crippen LogP) is 3.48. The normalized spacial score (nSPS) is 16.5. The number of ether oxygens (including phenoxy) is 2. The summed E-state index contributed by atoms with van der Waals surface area (Å²) >= 11 is 12.0. The van der Waals surface area contributed by atoms with Gasteiger partial charge < -0.3 is 9.47 Å². The number of benzene rings is 1. The highest BCUT2D eigenvalue weighted by molar-refractivity contribution is 6.42. The molecule has 1 fully saturated rings. The second-order valence-corrected chi connectivity index (χ2v) is 5.35. The lowest BCUT2D eigenvalue weighted by Gasteiger charge is -2.26. The molecule has 19 heavy (non-hydrogen) atoms. The molecule has 0 unspecified atom stereocenters. The lowest BCUT2D eigenvalue weighted by atomic mass is 10.3. The SMILES string of the molecule is Clc1cccc(OCCCCN2CCOCC2)c1Cl. The third-order valence-corrected chi connectivity index (χ3v) is 3.95. The highest BCUT2D eigenvalue weighted by Gasteiger charge is 2.09. The molecule has 1 aliphatic rings. The molecule has 0 aliphatic carbocycles. The lowest BCUT2D eigenvalue weighted by molar-refractivity contribution is 0.0368. The van der Waals surface area contributed by atoms with Gasteiger partial charge in [-0.15, -0.1) is 0 Å². The maximum atomic E-state index is 6.05. The van der Waals surface area contributed by atoms with Crippen LogP contribution < -0.4 is 4.74 Å². The van der Waals surface area contributed by atoms with Crippen LogP contribution in [0.15, 0.2) is 18.2 Å². The van der Waals surface area contributed by atoms with Crippen molar-refractivity contribution in [2.45, 2.75) is 12.8 Å². The minimum Gasteiger partial charge on any atom is -0.492 e. The molecule has 2 rings (SSSR count). The van der Waals surface area contributed by atoms with Crippen molar-refractivity contribution in [3.63, 3.8) is 0 Å². The molecule has 1 aromatic rings. The zero-order valence-corrected chi connectivity index (χ0v) is 12.4. The Kier molecular flexibility index (Phi) is 6.24. The predicted molar refractivity (Wildman–Crippen MR) is 78.5 cm³/mol. The Labute approximate surface area is 124 Å². The van der Waals surface area contributed by atoms with Gasteiger partial charge in [0.15, 0.2) is 0 Å². The number of nitrogens with zero attached hydrogens (tertiary/aromatic N) is 1. The molecule has 0 atom stereocenters. The Balaban J connectivity index is 1.62. The first-order chi connectivity index (χ1) is 9.27. The van der Waals surface area contributed by atoms with E-state index < -0.39 is 0 Å². The van der Waals surface area contributed by atoms with E-state index in [1.807, 2.05) is 12.1 Å². The van der Waals surface area contributed by atoms with Crippen LogP contribution in [0.1, 0.15) is 12.8 Å². The molecular weight excluding hydrogens is 285 g/mol. The van der Waals surface area contributed by atoms with Gasteiger partial charge in [0.1, 0.15) is 10.8 Å². The van der Waals surface area contributed by atoms with Gasteiger partial charge in [-0.3, -0.25) is 4.90 Å². The quantitative estimate of drug-likeness (QED) is 0.751. The van der Waals surface area contributed by atoms with E-state index in [1.165, 1.54) is 0 Å². The maximum absolute atomic E-state index is 6.05. The number of hydrogen-bond acceptors (Lipinski definition) is 3. The maximum Gasteiger partial charge on any atom is 0.139 e. The average Bonchev–Trinajstić information content (AvgIpc) is 2.44. The summed E-state index contributed by atoms with van der Waals surface area (Å²) in [5, 5.41) is 1.03. The van der Waals surface area contributed by atoms with Crippen molar-refractivity contribution in [3.05, 3.63) is 28.2 Å². The number of unbranched alkanes of at least 4 members (excludes halogenated alkanes) is 1. The molecule has 106 valence electrons. The molecule has 0 N–H and O–H groups in total. The summed E-state index contributed by atoms with van der Waals surface area (Å²) < 4.78 is 11.0. The van der Waals surface area contributed by atoms with Crippen LogP contribution in [0.2, 0.25) is 10.0 Å². The summed E-state index contributed by atoms with van der Waals surface area (Å²) in [6, 6.07) is 5.45. The zero-order chi connectivity index (χ0) is 13.5. The molecule has 5 heteroatoms. The average molecular weight is 304 g/mol. The van der Waals surface area contributed by atoms with Crippen LogP contribution in [-0.4, -0.2) is 44.4 Å². The lowest BCUT2D eigenvalue weighted by Crippen LogP contribution is -2.36. The monoisotopic (exact) mass is 303 g/mol.